The van der Waals surface area contributed by atoms with E-state index in [1.807, 2.05) is 24.3 Å². The first-order valence-corrected chi connectivity index (χ1v) is 9.36. The van der Waals surface area contributed by atoms with Crippen LogP contribution in [0.2, 0.25) is 0 Å². The van der Waals surface area contributed by atoms with Crippen LogP contribution >= 0.6 is 0 Å². The quantitative estimate of drug-likeness (QED) is 0.731. The molecule has 1 heterocycles. The van der Waals surface area contributed by atoms with Gasteiger partial charge in [-0.05, 0) is 49.3 Å². The van der Waals surface area contributed by atoms with Gasteiger partial charge in [-0.3, -0.25) is 9.59 Å². The lowest BCUT2D eigenvalue weighted by atomic mass is 9.96. The van der Waals surface area contributed by atoms with E-state index < -0.39 is 6.04 Å². The van der Waals surface area contributed by atoms with Gasteiger partial charge in [0.1, 0.15) is 11.9 Å². The first-order valence-electron chi connectivity index (χ1n) is 9.36. The molecule has 2 amide bonds. The fourth-order valence-electron chi connectivity index (χ4n) is 3.53. The van der Waals surface area contributed by atoms with Gasteiger partial charge in [-0.1, -0.05) is 36.4 Å². The smallest absolute Gasteiger partial charge is 0.242 e. The van der Waals surface area contributed by atoms with Crippen LogP contribution in [-0.2, 0) is 16.1 Å². The Morgan fingerprint density at radius 3 is 2.67 bits per heavy atom. The second-order valence-corrected chi connectivity index (χ2v) is 7.16. The molecular formula is C21H26N4O2. The van der Waals surface area contributed by atoms with Crippen molar-refractivity contribution in [2.75, 3.05) is 5.73 Å². The van der Waals surface area contributed by atoms with Crippen molar-refractivity contribution in [3.05, 3.63) is 59.8 Å². The summed E-state index contributed by atoms with van der Waals surface area (Å²) in [7, 11) is 0. The number of pyridine rings is 1. The Morgan fingerprint density at radius 2 is 1.96 bits per heavy atom. The van der Waals surface area contributed by atoms with Gasteiger partial charge in [0, 0.05) is 18.7 Å². The Balaban J connectivity index is 1.45. The van der Waals surface area contributed by atoms with Crippen molar-refractivity contribution in [2.24, 2.45) is 5.92 Å². The first kappa shape index (κ1) is 18.9. The molecule has 142 valence electrons. The summed E-state index contributed by atoms with van der Waals surface area (Å²) in [6.07, 6.45) is 4.33. The summed E-state index contributed by atoms with van der Waals surface area (Å²) in [6.45, 7) is 2.06. The van der Waals surface area contributed by atoms with E-state index in [0.29, 0.717) is 18.3 Å². The van der Waals surface area contributed by atoms with Crippen molar-refractivity contribution < 1.29 is 9.59 Å². The zero-order chi connectivity index (χ0) is 19.2. The summed E-state index contributed by atoms with van der Waals surface area (Å²) in [6, 6.07) is 13.2. The number of hydrogen-bond acceptors (Lipinski definition) is 4. The molecule has 0 aliphatic heterocycles. The average Bonchev–Trinajstić information content (AvgIpc) is 3.18. The van der Waals surface area contributed by atoms with Crippen molar-refractivity contribution in [1.29, 1.82) is 0 Å². The van der Waals surface area contributed by atoms with Gasteiger partial charge in [-0.2, -0.15) is 0 Å². The van der Waals surface area contributed by atoms with E-state index in [9.17, 15) is 9.59 Å². The number of benzene rings is 1. The van der Waals surface area contributed by atoms with Crippen molar-refractivity contribution in [3.63, 3.8) is 0 Å². The molecular weight excluding hydrogens is 340 g/mol. The third-order valence-electron chi connectivity index (χ3n) is 5.14. The number of nitrogens with zero attached hydrogens (tertiary/aromatic N) is 1. The maximum absolute atomic E-state index is 12.5. The maximum Gasteiger partial charge on any atom is 0.242 e. The molecule has 0 saturated heterocycles. The first-order chi connectivity index (χ1) is 13.0. The van der Waals surface area contributed by atoms with Crippen LogP contribution in [0.5, 0.6) is 0 Å². The van der Waals surface area contributed by atoms with Crippen LogP contribution in [0.25, 0.3) is 0 Å². The number of amides is 2. The van der Waals surface area contributed by atoms with E-state index in [1.54, 1.807) is 19.2 Å². The van der Waals surface area contributed by atoms with Crippen LogP contribution in [0, 0.1) is 5.92 Å². The molecule has 6 heteroatoms. The Labute approximate surface area is 159 Å². The van der Waals surface area contributed by atoms with Gasteiger partial charge in [-0.15, -0.1) is 0 Å². The number of nitrogens with two attached hydrogens (primary N) is 1. The molecule has 1 aromatic carbocycles. The Bertz CT molecular complexity index is 777. The number of rotatable bonds is 6. The number of nitrogen functional groups attached to an aromatic ring is 1. The molecule has 4 N–H and O–H groups in total. The summed E-state index contributed by atoms with van der Waals surface area (Å²) < 4.78 is 0. The van der Waals surface area contributed by atoms with Gasteiger partial charge >= 0.3 is 0 Å². The minimum absolute atomic E-state index is 0.0354. The lowest BCUT2D eigenvalue weighted by molar-refractivity contribution is -0.130. The average molecular weight is 366 g/mol. The van der Waals surface area contributed by atoms with E-state index >= 15 is 0 Å². The van der Waals surface area contributed by atoms with Gasteiger partial charge in [-0.25, -0.2) is 4.98 Å². The van der Waals surface area contributed by atoms with Gasteiger partial charge in [0.25, 0.3) is 0 Å². The molecule has 27 heavy (non-hydrogen) atoms. The third-order valence-corrected chi connectivity index (χ3v) is 5.14. The van der Waals surface area contributed by atoms with Gasteiger partial charge < -0.3 is 16.4 Å². The molecule has 0 unspecified atom stereocenters. The second-order valence-electron chi connectivity index (χ2n) is 7.16. The molecule has 1 fully saturated rings. The predicted octanol–water partition coefficient (Wildman–Crippen LogP) is 2.37. The Morgan fingerprint density at radius 1 is 1.19 bits per heavy atom. The standard InChI is InChI=1S/C21H26N4O2/c1-14(20(26)24-13-15-7-10-19(22)23-12-15)25-21(27)18-9-8-17(11-18)16-5-3-2-4-6-16/h2-7,10,12,14,17-18H,8-9,11,13H2,1H3,(H2,22,23)(H,24,26)(H,25,27)/t14-,17-,18+/m0/s1. The minimum atomic E-state index is -0.574. The molecule has 1 aliphatic carbocycles. The molecule has 1 saturated carbocycles. The van der Waals surface area contributed by atoms with Crippen molar-refractivity contribution >= 4 is 17.6 Å². The highest BCUT2D eigenvalue weighted by atomic mass is 16.2. The van der Waals surface area contributed by atoms with Crippen LogP contribution in [-0.4, -0.2) is 22.8 Å². The van der Waals surface area contributed by atoms with Crippen molar-refractivity contribution in [3.8, 4) is 0 Å². The number of carbonyl (C=O) groups is 2. The molecule has 1 aliphatic rings. The Hall–Kier alpha value is -2.89. The zero-order valence-corrected chi connectivity index (χ0v) is 15.5. The highest BCUT2D eigenvalue weighted by Gasteiger charge is 2.31. The van der Waals surface area contributed by atoms with E-state index in [-0.39, 0.29) is 17.7 Å². The van der Waals surface area contributed by atoms with E-state index in [4.69, 9.17) is 5.73 Å². The summed E-state index contributed by atoms with van der Waals surface area (Å²) in [4.78, 5) is 28.8. The molecule has 3 rings (SSSR count). The lowest BCUT2D eigenvalue weighted by Crippen LogP contribution is -2.46. The summed E-state index contributed by atoms with van der Waals surface area (Å²) in [5.41, 5.74) is 7.69. The molecule has 0 spiro atoms. The molecule has 2 aromatic rings. The fraction of sp³-hybridized carbons (Fsp3) is 0.381. The van der Waals surface area contributed by atoms with Crippen LogP contribution in [0.3, 0.4) is 0 Å². The normalized spacial score (nSPS) is 20.0. The Kier molecular flexibility index (Phi) is 6.06. The molecule has 3 atom stereocenters. The van der Waals surface area contributed by atoms with Gasteiger partial charge in [0.2, 0.25) is 11.8 Å². The SMILES string of the molecule is C[C@H](NC(=O)[C@@H]1CC[C@H](c2ccccc2)C1)C(=O)NCc1ccc(N)nc1. The van der Waals surface area contributed by atoms with Gasteiger partial charge in [0.05, 0.1) is 0 Å². The number of anilines is 1. The molecule has 0 radical (unpaired) electrons. The van der Waals surface area contributed by atoms with Crippen LogP contribution < -0.4 is 16.4 Å². The predicted molar refractivity (Wildman–Crippen MR) is 105 cm³/mol. The van der Waals surface area contributed by atoms with E-state index in [2.05, 4.69) is 27.8 Å². The van der Waals surface area contributed by atoms with Gasteiger partial charge in [0.15, 0.2) is 0 Å². The summed E-state index contributed by atoms with van der Waals surface area (Å²) in [5, 5.41) is 5.67. The number of aromatic nitrogens is 1. The lowest BCUT2D eigenvalue weighted by Gasteiger charge is -2.17. The third kappa shape index (κ3) is 5.06. The highest BCUT2D eigenvalue weighted by Crippen LogP contribution is 2.38. The monoisotopic (exact) mass is 366 g/mol. The summed E-state index contributed by atoms with van der Waals surface area (Å²) in [5.74, 6) is 0.579. The zero-order valence-electron chi connectivity index (χ0n) is 15.5. The topological polar surface area (TPSA) is 97.1 Å². The van der Waals surface area contributed by atoms with E-state index in [0.717, 1.165) is 24.8 Å². The van der Waals surface area contributed by atoms with E-state index in [1.165, 1.54) is 5.56 Å². The second kappa shape index (κ2) is 8.66. The highest BCUT2D eigenvalue weighted by molar-refractivity contribution is 5.88. The number of nitrogens with one attached hydrogen (secondary N) is 2. The fourth-order valence-corrected chi connectivity index (χ4v) is 3.53. The largest absolute Gasteiger partial charge is 0.384 e. The molecule has 0 bridgehead atoms. The molecule has 1 aromatic heterocycles. The number of hydrogen-bond donors (Lipinski definition) is 3. The van der Waals surface area contributed by atoms with Crippen LogP contribution in [0.15, 0.2) is 48.7 Å². The minimum Gasteiger partial charge on any atom is -0.384 e. The van der Waals surface area contributed by atoms with Crippen molar-refractivity contribution in [2.45, 2.75) is 44.7 Å². The number of carbonyl (C=O) groups excluding carboxylic acids is 2. The molecule has 6 nitrogen and oxygen atoms in total. The van der Waals surface area contributed by atoms with Crippen LogP contribution in [0.1, 0.15) is 43.2 Å². The van der Waals surface area contributed by atoms with Crippen molar-refractivity contribution in [1.82, 2.24) is 15.6 Å². The summed E-state index contributed by atoms with van der Waals surface area (Å²) >= 11 is 0. The maximum atomic E-state index is 12.5. The van der Waals surface area contributed by atoms with Crippen LogP contribution in [0.4, 0.5) is 5.82 Å².